The Kier molecular flexibility index (Phi) is 6.77. The van der Waals surface area contributed by atoms with Gasteiger partial charge in [-0.1, -0.05) is 12.8 Å². The molecular weight excluding hydrogens is 302 g/mol. The molecule has 1 aromatic carbocycles. The van der Waals surface area contributed by atoms with Crippen molar-refractivity contribution in [3.63, 3.8) is 0 Å². The predicted molar refractivity (Wildman–Crippen MR) is 84.0 cm³/mol. The summed E-state index contributed by atoms with van der Waals surface area (Å²) in [6.07, 6.45) is 5.12. The lowest BCUT2D eigenvalue weighted by atomic mass is 9.84. The van der Waals surface area contributed by atoms with Gasteiger partial charge in [0, 0.05) is 18.5 Å². The maximum absolute atomic E-state index is 13.4. The number of amides is 1. The number of hydrogen-bond donors (Lipinski definition) is 2. The molecule has 4 nitrogen and oxygen atoms in total. The standard InChI is InChI=1S/C17H24F2N2O2/c18-13-7-8-16(14(19)10-13)23-9-3-6-17(22)21-15-5-2-1-4-12(15)11-20/h7-8,10,12,15H,1-6,9,11,20H2,(H,21,22). The molecule has 3 N–H and O–H groups in total. The monoisotopic (exact) mass is 326 g/mol. The molecule has 0 saturated heterocycles. The lowest BCUT2D eigenvalue weighted by Gasteiger charge is -2.31. The van der Waals surface area contributed by atoms with Crippen molar-refractivity contribution in [2.45, 2.75) is 44.6 Å². The molecule has 128 valence electrons. The first-order valence-corrected chi connectivity index (χ1v) is 8.17. The summed E-state index contributed by atoms with van der Waals surface area (Å²) in [5, 5.41) is 3.04. The second-order valence-electron chi connectivity index (χ2n) is 5.98. The van der Waals surface area contributed by atoms with Crippen molar-refractivity contribution in [3.05, 3.63) is 29.8 Å². The van der Waals surface area contributed by atoms with Crippen LogP contribution in [0.5, 0.6) is 5.75 Å². The van der Waals surface area contributed by atoms with E-state index in [-0.39, 0.29) is 24.3 Å². The molecular formula is C17H24F2N2O2. The molecule has 1 aliphatic carbocycles. The van der Waals surface area contributed by atoms with E-state index in [4.69, 9.17) is 10.5 Å². The smallest absolute Gasteiger partial charge is 0.220 e. The molecule has 2 atom stereocenters. The summed E-state index contributed by atoms with van der Waals surface area (Å²) in [5.74, 6) is -1.04. The van der Waals surface area contributed by atoms with E-state index < -0.39 is 11.6 Å². The van der Waals surface area contributed by atoms with Crippen LogP contribution < -0.4 is 15.8 Å². The summed E-state index contributed by atoms with van der Waals surface area (Å²) in [4.78, 5) is 12.0. The first-order chi connectivity index (χ1) is 11.1. The van der Waals surface area contributed by atoms with Gasteiger partial charge < -0.3 is 15.8 Å². The van der Waals surface area contributed by atoms with E-state index in [9.17, 15) is 13.6 Å². The highest BCUT2D eigenvalue weighted by atomic mass is 19.1. The summed E-state index contributed by atoms with van der Waals surface area (Å²) >= 11 is 0. The Morgan fingerprint density at radius 2 is 2.09 bits per heavy atom. The molecule has 0 aliphatic heterocycles. The number of ether oxygens (including phenoxy) is 1. The third-order valence-corrected chi connectivity index (χ3v) is 4.26. The Labute approximate surface area is 135 Å². The van der Waals surface area contributed by atoms with E-state index in [1.54, 1.807) is 0 Å². The number of benzene rings is 1. The van der Waals surface area contributed by atoms with Crippen LogP contribution in [0.1, 0.15) is 38.5 Å². The van der Waals surface area contributed by atoms with E-state index in [1.807, 2.05) is 0 Å². The number of halogens is 2. The van der Waals surface area contributed by atoms with Crippen molar-refractivity contribution in [2.75, 3.05) is 13.2 Å². The number of nitrogens with one attached hydrogen (secondary N) is 1. The average molecular weight is 326 g/mol. The quantitative estimate of drug-likeness (QED) is 0.757. The minimum absolute atomic E-state index is 0.00212. The van der Waals surface area contributed by atoms with Crippen LogP contribution in [-0.2, 0) is 4.79 Å². The van der Waals surface area contributed by atoms with Gasteiger partial charge in [0.1, 0.15) is 5.82 Å². The third-order valence-electron chi connectivity index (χ3n) is 4.26. The Morgan fingerprint density at radius 3 is 2.83 bits per heavy atom. The maximum Gasteiger partial charge on any atom is 0.220 e. The zero-order valence-electron chi connectivity index (χ0n) is 13.2. The van der Waals surface area contributed by atoms with Crippen molar-refractivity contribution in [1.82, 2.24) is 5.32 Å². The van der Waals surface area contributed by atoms with Crippen molar-refractivity contribution >= 4 is 5.91 Å². The second-order valence-corrected chi connectivity index (χ2v) is 5.98. The van der Waals surface area contributed by atoms with Crippen LogP contribution in [0.4, 0.5) is 8.78 Å². The zero-order valence-corrected chi connectivity index (χ0v) is 13.2. The highest BCUT2D eigenvalue weighted by Crippen LogP contribution is 2.23. The first kappa shape index (κ1) is 17.7. The largest absolute Gasteiger partial charge is 0.491 e. The summed E-state index contributed by atoms with van der Waals surface area (Å²) < 4.78 is 31.4. The minimum Gasteiger partial charge on any atom is -0.491 e. The van der Waals surface area contributed by atoms with Gasteiger partial charge in [0.05, 0.1) is 6.61 Å². The van der Waals surface area contributed by atoms with Gasteiger partial charge in [-0.25, -0.2) is 8.78 Å². The lowest BCUT2D eigenvalue weighted by Crippen LogP contribution is -2.44. The Bertz CT molecular complexity index is 525. The van der Waals surface area contributed by atoms with E-state index in [0.29, 0.717) is 25.3 Å². The van der Waals surface area contributed by atoms with Crippen LogP contribution in [-0.4, -0.2) is 25.1 Å². The molecule has 23 heavy (non-hydrogen) atoms. The first-order valence-electron chi connectivity index (χ1n) is 8.17. The fourth-order valence-electron chi connectivity index (χ4n) is 2.97. The van der Waals surface area contributed by atoms with Gasteiger partial charge in [0.2, 0.25) is 5.91 Å². The van der Waals surface area contributed by atoms with Crippen LogP contribution in [0.3, 0.4) is 0 Å². The molecule has 0 aromatic heterocycles. The normalized spacial score (nSPS) is 21.0. The highest BCUT2D eigenvalue weighted by Gasteiger charge is 2.24. The van der Waals surface area contributed by atoms with Gasteiger partial charge in [0.25, 0.3) is 0 Å². The average Bonchev–Trinajstić information content (AvgIpc) is 2.53. The van der Waals surface area contributed by atoms with Crippen LogP contribution >= 0.6 is 0 Å². The third kappa shape index (κ3) is 5.46. The number of carbonyl (C=O) groups is 1. The molecule has 0 bridgehead atoms. The molecule has 0 spiro atoms. The molecule has 1 fully saturated rings. The van der Waals surface area contributed by atoms with Gasteiger partial charge in [-0.15, -0.1) is 0 Å². The van der Waals surface area contributed by atoms with Crippen LogP contribution in [0.2, 0.25) is 0 Å². The fraction of sp³-hybridized carbons (Fsp3) is 0.588. The van der Waals surface area contributed by atoms with E-state index in [0.717, 1.165) is 31.4 Å². The summed E-state index contributed by atoms with van der Waals surface area (Å²) in [5.41, 5.74) is 5.75. The molecule has 0 heterocycles. The lowest BCUT2D eigenvalue weighted by molar-refractivity contribution is -0.122. The summed E-state index contributed by atoms with van der Waals surface area (Å²) in [6, 6.07) is 3.33. The Hall–Kier alpha value is -1.69. The highest BCUT2D eigenvalue weighted by molar-refractivity contribution is 5.76. The van der Waals surface area contributed by atoms with Gasteiger partial charge in [-0.2, -0.15) is 0 Å². The van der Waals surface area contributed by atoms with Gasteiger partial charge in [-0.05, 0) is 43.9 Å². The molecule has 1 aromatic rings. The van der Waals surface area contributed by atoms with Crippen molar-refractivity contribution in [2.24, 2.45) is 11.7 Å². The zero-order chi connectivity index (χ0) is 16.7. The van der Waals surface area contributed by atoms with Crippen molar-refractivity contribution in [1.29, 1.82) is 0 Å². The molecule has 2 rings (SSSR count). The number of hydrogen-bond acceptors (Lipinski definition) is 3. The fourth-order valence-corrected chi connectivity index (χ4v) is 2.97. The SMILES string of the molecule is NCC1CCCCC1NC(=O)CCCOc1ccc(F)cc1F. The number of carbonyl (C=O) groups excluding carboxylic acids is 1. The number of rotatable bonds is 7. The topological polar surface area (TPSA) is 64.3 Å². The van der Waals surface area contributed by atoms with Crippen LogP contribution in [0.15, 0.2) is 18.2 Å². The summed E-state index contributed by atoms with van der Waals surface area (Å²) in [7, 11) is 0. The van der Waals surface area contributed by atoms with Crippen LogP contribution in [0, 0.1) is 17.6 Å². The van der Waals surface area contributed by atoms with Gasteiger partial charge >= 0.3 is 0 Å². The molecule has 0 radical (unpaired) electrons. The predicted octanol–water partition coefficient (Wildman–Crippen LogP) is 2.76. The van der Waals surface area contributed by atoms with E-state index >= 15 is 0 Å². The van der Waals surface area contributed by atoms with E-state index in [1.165, 1.54) is 12.5 Å². The molecule has 6 heteroatoms. The Morgan fingerprint density at radius 1 is 1.30 bits per heavy atom. The second kappa shape index (κ2) is 8.82. The minimum atomic E-state index is -0.734. The summed E-state index contributed by atoms with van der Waals surface area (Å²) in [6.45, 7) is 0.804. The van der Waals surface area contributed by atoms with Gasteiger partial charge in [0.15, 0.2) is 11.6 Å². The molecule has 1 aliphatic rings. The van der Waals surface area contributed by atoms with Gasteiger partial charge in [-0.3, -0.25) is 4.79 Å². The van der Waals surface area contributed by atoms with Crippen molar-refractivity contribution in [3.8, 4) is 5.75 Å². The maximum atomic E-state index is 13.4. The van der Waals surface area contributed by atoms with Crippen LogP contribution in [0.25, 0.3) is 0 Å². The molecule has 1 amide bonds. The van der Waals surface area contributed by atoms with Crippen molar-refractivity contribution < 1.29 is 18.3 Å². The molecule has 2 unspecified atom stereocenters. The molecule has 1 saturated carbocycles. The Balaban J connectivity index is 1.68. The number of nitrogens with two attached hydrogens (primary N) is 1. The van der Waals surface area contributed by atoms with E-state index in [2.05, 4.69) is 5.32 Å².